The van der Waals surface area contributed by atoms with Gasteiger partial charge in [0.25, 0.3) is 5.91 Å². The maximum Gasteiger partial charge on any atom is 0.250 e. The third-order valence-electron chi connectivity index (χ3n) is 4.00. The van der Waals surface area contributed by atoms with E-state index in [1.54, 1.807) is 10.6 Å². The summed E-state index contributed by atoms with van der Waals surface area (Å²) in [7, 11) is -3.25. The summed E-state index contributed by atoms with van der Waals surface area (Å²) < 4.78 is 26.8. The minimum Gasteiger partial charge on any atom is -0.366 e. The Morgan fingerprint density at radius 3 is 2.67 bits per heavy atom. The lowest BCUT2D eigenvalue weighted by molar-refractivity contribution is 0.0999. The topological polar surface area (TPSA) is 107 Å². The van der Waals surface area contributed by atoms with E-state index in [1.807, 2.05) is 25.3 Å². The molecule has 0 aliphatic heterocycles. The summed E-state index contributed by atoms with van der Waals surface area (Å²) >= 11 is 0. The number of fused-ring (bicyclic) bond motifs is 1. The molecule has 2 heterocycles. The van der Waals surface area contributed by atoms with Crippen molar-refractivity contribution in [3.05, 3.63) is 53.0 Å². The zero-order chi connectivity index (χ0) is 17.5. The summed E-state index contributed by atoms with van der Waals surface area (Å²) in [6.45, 7) is 1.84. The van der Waals surface area contributed by atoms with Crippen LogP contribution in [0.4, 0.5) is 0 Å². The highest BCUT2D eigenvalue weighted by Gasteiger charge is 2.15. The number of amides is 1. The zero-order valence-electron chi connectivity index (χ0n) is 13.4. The van der Waals surface area contributed by atoms with E-state index in [0.29, 0.717) is 24.1 Å². The monoisotopic (exact) mass is 346 g/mol. The van der Waals surface area contributed by atoms with Crippen molar-refractivity contribution >= 4 is 27.0 Å². The van der Waals surface area contributed by atoms with Gasteiger partial charge in [0, 0.05) is 11.9 Å². The third-order valence-corrected chi connectivity index (χ3v) is 4.63. The van der Waals surface area contributed by atoms with Gasteiger partial charge in [0.15, 0.2) is 0 Å². The molecule has 0 unspecified atom stereocenters. The van der Waals surface area contributed by atoms with Crippen LogP contribution in [0.3, 0.4) is 0 Å². The molecular formula is C16H18N4O3S. The number of nitrogens with one attached hydrogen (secondary N) is 1. The predicted molar refractivity (Wildman–Crippen MR) is 91.7 cm³/mol. The van der Waals surface area contributed by atoms with E-state index in [0.717, 1.165) is 28.5 Å². The number of sulfonamides is 1. The highest BCUT2D eigenvalue weighted by atomic mass is 32.2. The van der Waals surface area contributed by atoms with Crippen LogP contribution in [-0.4, -0.2) is 30.2 Å². The Balaban J connectivity index is 1.96. The molecule has 7 nitrogen and oxygen atoms in total. The maximum atomic E-state index is 11.4. The normalized spacial score (nSPS) is 15.1. The fourth-order valence-corrected chi connectivity index (χ4v) is 3.45. The molecule has 0 fully saturated rings. The van der Waals surface area contributed by atoms with Gasteiger partial charge in [0.2, 0.25) is 10.0 Å². The molecule has 0 spiro atoms. The van der Waals surface area contributed by atoms with Crippen molar-refractivity contribution in [2.45, 2.75) is 19.8 Å². The van der Waals surface area contributed by atoms with E-state index in [1.165, 1.54) is 6.20 Å². The first-order chi connectivity index (χ1) is 11.2. The fraction of sp³-hybridized carbons (Fsp3) is 0.250. The zero-order valence-corrected chi connectivity index (χ0v) is 14.2. The second-order valence-electron chi connectivity index (χ2n) is 5.86. The molecule has 0 saturated heterocycles. The molecule has 0 radical (unpaired) electrons. The van der Waals surface area contributed by atoms with E-state index in [9.17, 15) is 13.2 Å². The van der Waals surface area contributed by atoms with Gasteiger partial charge in [-0.25, -0.2) is 12.9 Å². The molecule has 0 bridgehead atoms. The number of hydrogen-bond acceptors (Lipinski definition) is 4. The number of aryl methyl sites for hydroxylation is 1. The number of carbonyl (C=O) groups is 1. The van der Waals surface area contributed by atoms with Crippen LogP contribution in [0.25, 0.3) is 11.1 Å². The van der Waals surface area contributed by atoms with Gasteiger partial charge >= 0.3 is 0 Å². The van der Waals surface area contributed by atoms with E-state index in [-0.39, 0.29) is 0 Å². The third kappa shape index (κ3) is 3.18. The predicted octanol–water partition coefficient (Wildman–Crippen LogP) is 1.35. The first-order valence-electron chi connectivity index (χ1n) is 7.40. The maximum absolute atomic E-state index is 11.4. The minimum atomic E-state index is -3.25. The summed E-state index contributed by atoms with van der Waals surface area (Å²) in [4.78, 5) is 11.4. The molecule has 1 aliphatic rings. The Bertz CT molecular complexity index is 1000. The molecule has 2 aromatic rings. The van der Waals surface area contributed by atoms with Crippen LogP contribution >= 0.6 is 0 Å². The number of rotatable bonds is 4. The molecular weight excluding hydrogens is 328 g/mol. The molecule has 8 heteroatoms. The summed E-state index contributed by atoms with van der Waals surface area (Å²) in [6, 6.07) is 1.96. The van der Waals surface area contributed by atoms with Crippen LogP contribution in [-0.2, 0) is 10.0 Å². The molecule has 3 rings (SSSR count). The number of aromatic nitrogens is 2. The van der Waals surface area contributed by atoms with Crippen molar-refractivity contribution in [3.8, 4) is 0 Å². The van der Waals surface area contributed by atoms with Crippen LogP contribution in [0.1, 0.15) is 34.3 Å². The lowest BCUT2D eigenvalue weighted by atomic mass is 9.98. The van der Waals surface area contributed by atoms with Gasteiger partial charge < -0.3 is 5.73 Å². The molecule has 0 atom stereocenters. The number of carbonyl (C=O) groups excluding carboxylic acids is 1. The number of nitrogens with two attached hydrogens (primary N) is 1. The molecule has 126 valence electrons. The van der Waals surface area contributed by atoms with Gasteiger partial charge in [-0.3, -0.25) is 9.52 Å². The van der Waals surface area contributed by atoms with Crippen LogP contribution in [0.2, 0.25) is 0 Å². The van der Waals surface area contributed by atoms with E-state index in [4.69, 9.17) is 5.73 Å². The molecule has 3 N–H and O–H groups in total. The molecule has 1 aliphatic carbocycles. The Labute approximate surface area is 139 Å². The molecule has 0 saturated carbocycles. The van der Waals surface area contributed by atoms with Crippen LogP contribution in [0.5, 0.6) is 0 Å². The van der Waals surface area contributed by atoms with E-state index >= 15 is 0 Å². The Hall–Kier alpha value is -2.61. The Morgan fingerprint density at radius 2 is 2.08 bits per heavy atom. The SMILES string of the molecule is Cc1c(C(N)=O)cnn2cc(C3=CC=C(NS(C)(=O)=O)CC3)cc12. The molecule has 24 heavy (non-hydrogen) atoms. The number of nitrogens with zero attached hydrogens (tertiary/aromatic N) is 2. The average molecular weight is 346 g/mol. The summed E-state index contributed by atoms with van der Waals surface area (Å²) in [5.41, 5.74) is 10.1. The molecule has 0 aromatic carbocycles. The second kappa shape index (κ2) is 5.79. The lowest BCUT2D eigenvalue weighted by Gasteiger charge is -2.14. The first kappa shape index (κ1) is 16.3. The summed E-state index contributed by atoms with van der Waals surface area (Å²) in [5, 5.41) is 4.22. The second-order valence-corrected chi connectivity index (χ2v) is 7.61. The number of hydrogen-bond donors (Lipinski definition) is 2. The quantitative estimate of drug-likeness (QED) is 0.871. The molecule has 2 aromatic heterocycles. The lowest BCUT2D eigenvalue weighted by Crippen LogP contribution is -2.22. The van der Waals surface area contributed by atoms with Crippen molar-refractivity contribution in [2.24, 2.45) is 5.73 Å². The Morgan fingerprint density at radius 1 is 1.33 bits per heavy atom. The smallest absolute Gasteiger partial charge is 0.250 e. The van der Waals surface area contributed by atoms with Crippen molar-refractivity contribution in [1.29, 1.82) is 0 Å². The van der Waals surface area contributed by atoms with Crippen molar-refractivity contribution in [2.75, 3.05) is 6.26 Å². The standard InChI is InChI=1S/C16H18N4O3S/c1-10-14(16(17)21)8-18-20-9-12(7-15(10)20)11-3-5-13(6-4-11)19-24(2,22)23/h3,5,7-9,19H,4,6H2,1-2H3,(H2,17,21). The highest BCUT2D eigenvalue weighted by Crippen LogP contribution is 2.28. The van der Waals surface area contributed by atoms with E-state index < -0.39 is 15.9 Å². The fourth-order valence-electron chi connectivity index (χ4n) is 2.81. The average Bonchev–Trinajstić information content (AvgIpc) is 2.91. The van der Waals surface area contributed by atoms with Crippen molar-refractivity contribution in [3.63, 3.8) is 0 Å². The van der Waals surface area contributed by atoms with Crippen LogP contribution < -0.4 is 10.5 Å². The van der Waals surface area contributed by atoms with Gasteiger partial charge in [-0.1, -0.05) is 6.08 Å². The molecule has 1 amide bonds. The van der Waals surface area contributed by atoms with Gasteiger partial charge in [-0.15, -0.1) is 0 Å². The summed E-state index contributed by atoms with van der Waals surface area (Å²) in [5.74, 6) is -0.499. The van der Waals surface area contributed by atoms with Crippen molar-refractivity contribution in [1.82, 2.24) is 14.3 Å². The van der Waals surface area contributed by atoms with Gasteiger partial charge in [-0.2, -0.15) is 5.10 Å². The van der Waals surface area contributed by atoms with Gasteiger partial charge in [-0.05, 0) is 48.6 Å². The Kier molecular flexibility index (Phi) is 3.92. The van der Waals surface area contributed by atoms with Crippen LogP contribution in [0, 0.1) is 6.92 Å². The summed E-state index contributed by atoms with van der Waals surface area (Å²) in [6.07, 6.45) is 9.50. The van der Waals surface area contributed by atoms with Gasteiger partial charge in [0.1, 0.15) is 0 Å². The highest BCUT2D eigenvalue weighted by molar-refractivity contribution is 7.88. The van der Waals surface area contributed by atoms with Crippen LogP contribution in [0.15, 0.2) is 36.3 Å². The largest absolute Gasteiger partial charge is 0.366 e. The first-order valence-corrected chi connectivity index (χ1v) is 9.29. The van der Waals surface area contributed by atoms with Crippen molar-refractivity contribution < 1.29 is 13.2 Å². The van der Waals surface area contributed by atoms with E-state index in [2.05, 4.69) is 9.82 Å². The minimum absolute atomic E-state index is 0.407. The van der Waals surface area contributed by atoms with Gasteiger partial charge in [0.05, 0.1) is 23.5 Å². The number of allylic oxidation sites excluding steroid dienone is 4. The number of primary amides is 1.